The first-order valence-electron chi connectivity index (χ1n) is 9.02. The van der Waals surface area contributed by atoms with E-state index in [1.807, 2.05) is 0 Å². The van der Waals surface area contributed by atoms with Gasteiger partial charge in [-0.2, -0.15) is 4.99 Å². The predicted molar refractivity (Wildman–Crippen MR) is 118 cm³/mol. The van der Waals surface area contributed by atoms with Crippen LogP contribution in [-0.2, 0) is 25.9 Å². The van der Waals surface area contributed by atoms with Crippen molar-refractivity contribution in [3.63, 3.8) is 0 Å². The zero-order chi connectivity index (χ0) is 22.6. The molecule has 0 saturated heterocycles. The van der Waals surface area contributed by atoms with Gasteiger partial charge in [-0.05, 0) is 29.8 Å². The predicted octanol–water partition coefficient (Wildman–Crippen LogP) is 2.80. The molecular formula is C20H19N3O6S2. The van der Waals surface area contributed by atoms with E-state index in [2.05, 4.69) is 4.99 Å². The van der Waals surface area contributed by atoms with Crippen LogP contribution >= 0.6 is 11.3 Å². The van der Waals surface area contributed by atoms with E-state index >= 15 is 0 Å². The summed E-state index contributed by atoms with van der Waals surface area (Å²) in [6.07, 6.45) is 3.81. The third-order valence-corrected chi connectivity index (χ3v) is 6.46. The quantitative estimate of drug-likeness (QED) is 0.303. The maximum absolute atomic E-state index is 12.4. The van der Waals surface area contributed by atoms with Gasteiger partial charge in [0.1, 0.15) is 0 Å². The fourth-order valence-electron chi connectivity index (χ4n) is 2.81. The molecule has 0 unspecified atom stereocenters. The number of non-ortho nitro benzene ring substituents is 1. The molecule has 0 saturated carbocycles. The lowest BCUT2D eigenvalue weighted by Crippen LogP contribution is -2.18. The molecule has 0 N–H and O–H groups in total. The molecule has 1 amide bonds. The lowest BCUT2D eigenvalue weighted by Gasteiger charge is -2.04. The average molecular weight is 462 g/mol. The Morgan fingerprint density at radius 1 is 1.29 bits per heavy atom. The smallest absolute Gasteiger partial charge is 0.272 e. The van der Waals surface area contributed by atoms with Crippen molar-refractivity contribution in [1.82, 2.24) is 4.57 Å². The minimum Gasteiger partial charge on any atom is -0.383 e. The third kappa shape index (κ3) is 5.51. The van der Waals surface area contributed by atoms with Gasteiger partial charge in [-0.15, -0.1) is 0 Å². The number of carbonyl (C=O) groups is 1. The number of thiazole rings is 1. The van der Waals surface area contributed by atoms with E-state index in [0.717, 1.165) is 11.8 Å². The first-order valence-corrected chi connectivity index (χ1v) is 11.7. The molecule has 11 heteroatoms. The zero-order valence-electron chi connectivity index (χ0n) is 16.7. The van der Waals surface area contributed by atoms with Gasteiger partial charge in [0.2, 0.25) is 0 Å². The maximum atomic E-state index is 12.4. The summed E-state index contributed by atoms with van der Waals surface area (Å²) in [6.45, 7) is 0.806. The van der Waals surface area contributed by atoms with Gasteiger partial charge in [-0.25, -0.2) is 8.42 Å². The van der Waals surface area contributed by atoms with Crippen LogP contribution in [0.4, 0.5) is 5.69 Å². The zero-order valence-corrected chi connectivity index (χ0v) is 18.4. The Hall–Kier alpha value is -3.15. The molecular weight excluding hydrogens is 442 g/mol. The van der Waals surface area contributed by atoms with Crippen molar-refractivity contribution in [2.45, 2.75) is 11.4 Å². The molecule has 1 aromatic heterocycles. The number of hydrogen-bond acceptors (Lipinski definition) is 7. The van der Waals surface area contributed by atoms with Crippen molar-refractivity contribution in [2.24, 2.45) is 4.99 Å². The standard InChI is InChI=1S/C20H19N3O6S2/c1-29-11-10-22-17-8-7-16(31(2,27)28)13-18(17)30-20(22)21-19(24)9-6-14-4-3-5-15(12-14)23(25)26/h3-9,12-13H,10-11H2,1-2H3/b9-6+,21-20?. The van der Waals surface area contributed by atoms with Gasteiger partial charge in [0.05, 0.1) is 26.6 Å². The molecule has 0 aliphatic carbocycles. The first kappa shape index (κ1) is 22.5. The summed E-state index contributed by atoms with van der Waals surface area (Å²) in [5.41, 5.74) is 1.16. The SMILES string of the molecule is COCCn1c(=NC(=O)/C=C/c2cccc([N+](=O)[O-])c2)sc2cc(S(C)(=O)=O)ccc21. The van der Waals surface area contributed by atoms with Crippen LogP contribution in [0.5, 0.6) is 0 Å². The van der Waals surface area contributed by atoms with Crippen molar-refractivity contribution in [2.75, 3.05) is 20.0 Å². The fourth-order valence-corrected chi connectivity index (χ4v) is 4.63. The number of fused-ring (bicyclic) bond motifs is 1. The first-order chi connectivity index (χ1) is 14.7. The number of nitro benzene ring substituents is 1. The Bertz CT molecular complexity index is 1350. The minimum absolute atomic E-state index is 0.0740. The minimum atomic E-state index is -3.37. The van der Waals surface area contributed by atoms with Crippen LogP contribution < -0.4 is 4.80 Å². The topological polar surface area (TPSA) is 121 Å². The Morgan fingerprint density at radius 2 is 2.06 bits per heavy atom. The highest BCUT2D eigenvalue weighted by Crippen LogP contribution is 2.22. The van der Waals surface area contributed by atoms with Gasteiger partial charge in [0.15, 0.2) is 14.6 Å². The Kier molecular flexibility index (Phi) is 6.78. The van der Waals surface area contributed by atoms with Gasteiger partial charge in [-0.3, -0.25) is 14.9 Å². The van der Waals surface area contributed by atoms with E-state index in [1.54, 1.807) is 29.9 Å². The average Bonchev–Trinajstić information content (AvgIpc) is 3.06. The molecule has 0 aliphatic heterocycles. The van der Waals surface area contributed by atoms with Crippen LogP contribution in [0.1, 0.15) is 5.56 Å². The molecule has 0 aliphatic rings. The van der Waals surface area contributed by atoms with Crippen molar-refractivity contribution >= 4 is 49.1 Å². The van der Waals surface area contributed by atoms with Crippen LogP contribution in [0.2, 0.25) is 0 Å². The number of rotatable bonds is 7. The number of aromatic nitrogens is 1. The molecule has 3 rings (SSSR count). The molecule has 3 aromatic rings. The Morgan fingerprint density at radius 3 is 2.74 bits per heavy atom. The molecule has 0 radical (unpaired) electrons. The van der Waals surface area contributed by atoms with Crippen LogP contribution in [-0.4, -0.2) is 43.8 Å². The van der Waals surface area contributed by atoms with Gasteiger partial charge >= 0.3 is 0 Å². The molecule has 0 spiro atoms. The van der Waals surface area contributed by atoms with Crippen molar-refractivity contribution < 1.29 is 22.9 Å². The number of sulfone groups is 1. The molecule has 31 heavy (non-hydrogen) atoms. The highest BCUT2D eigenvalue weighted by Gasteiger charge is 2.12. The lowest BCUT2D eigenvalue weighted by atomic mass is 10.2. The summed E-state index contributed by atoms with van der Waals surface area (Å²) in [5.74, 6) is -0.549. The van der Waals surface area contributed by atoms with Crippen molar-refractivity contribution in [1.29, 1.82) is 0 Å². The highest BCUT2D eigenvalue weighted by molar-refractivity contribution is 7.90. The lowest BCUT2D eigenvalue weighted by molar-refractivity contribution is -0.384. The summed E-state index contributed by atoms with van der Waals surface area (Å²) in [6, 6.07) is 10.6. The molecule has 0 atom stereocenters. The number of methoxy groups -OCH3 is 1. The Labute approximate surface area is 182 Å². The van der Waals surface area contributed by atoms with Crippen LogP contribution in [0.25, 0.3) is 16.3 Å². The van der Waals surface area contributed by atoms with Crippen LogP contribution in [0, 0.1) is 10.1 Å². The normalized spacial score (nSPS) is 12.6. The number of nitro groups is 1. The van der Waals surface area contributed by atoms with Gasteiger partial charge in [0, 0.05) is 38.1 Å². The van der Waals surface area contributed by atoms with Crippen LogP contribution in [0.15, 0.2) is 58.4 Å². The number of carbonyl (C=O) groups excluding carboxylic acids is 1. The highest BCUT2D eigenvalue weighted by atomic mass is 32.2. The van der Waals surface area contributed by atoms with Crippen LogP contribution in [0.3, 0.4) is 0 Å². The van der Waals surface area contributed by atoms with E-state index in [4.69, 9.17) is 4.74 Å². The molecule has 0 fully saturated rings. The third-order valence-electron chi connectivity index (χ3n) is 4.31. The molecule has 162 valence electrons. The van der Waals surface area contributed by atoms with Crippen molar-refractivity contribution in [3.05, 3.63) is 69.0 Å². The summed E-state index contributed by atoms with van der Waals surface area (Å²) >= 11 is 1.19. The second-order valence-electron chi connectivity index (χ2n) is 6.57. The second kappa shape index (κ2) is 9.33. The second-order valence-corrected chi connectivity index (χ2v) is 9.59. The van der Waals surface area contributed by atoms with Gasteiger partial charge < -0.3 is 9.30 Å². The number of hydrogen-bond donors (Lipinski definition) is 0. The Balaban J connectivity index is 2.00. The van der Waals surface area contributed by atoms with E-state index in [9.17, 15) is 23.3 Å². The molecule has 1 heterocycles. The number of ether oxygens (including phenoxy) is 1. The van der Waals surface area contributed by atoms with E-state index in [1.165, 1.54) is 47.8 Å². The van der Waals surface area contributed by atoms with Gasteiger partial charge in [0.25, 0.3) is 11.6 Å². The summed E-state index contributed by atoms with van der Waals surface area (Å²) < 4.78 is 31.3. The van der Waals surface area contributed by atoms with Crippen molar-refractivity contribution in [3.8, 4) is 0 Å². The fraction of sp³-hybridized carbons (Fsp3) is 0.200. The number of nitrogens with zero attached hydrogens (tertiary/aromatic N) is 3. The maximum Gasteiger partial charge on any atom is 0.272 e. The summed E-state index contributed by atoms with van der Waals surface area (Å²) in [7, 11) is -1.81. The van der Waals surface area contributed by atoms with E-state index in [0.29, 0.717) is 28.2 Å². The number of amides is 1. The van der Waals surface area contributed by atoms with Gasteiger partial charge in [-0.1, -0.05) is 23.5 Å². The monoisotopic (exact) mass is 461 g/mol. The van der Waals surface area contributed by atoms with E-state index < -0.39 is 20.7 Å². The molecule has 9 nitrogen and oxygen atoms in total. The number of benzene rings is 2. The molecule has 0 bridgehead atoms. The van der Waals surface area contributed by atoms with E-state index in [-0.39, 0.29) is 10.6 Å². The largest absolute Gasteiger partial charge is 0.383 e. The summed E-state index contributed by atoms with van der Waals surface area (Å²) in [5, 5.41) is 10.9. The molecule has 2 aromatic carbocycles. The summed E-state index contributed by atoms with van der Waals surface area (Å²) in [4.78, 5) is 27.5.